The van der Waals surface area contributed by atoms with Gasteiger partial charge in [0, 0.05) is 12.1 Å². The number of nitrogen functional groups attached to an aromatic ring is 1. The number of carbonyl (C=O) groups is 1. The highest BCUT2D eigenvalue weighted by atomic mass is 16.6. The minimum absolute atomic E-state index is 0.138. The largest absolute Gasteiger partial charge is 0.491 e. The lowest BCUT2D eigenvalue weighted by atomic mass is 10.1. The first kappa shape index (κ1) is 29.2. The number of nitrogens with two attached hydrogens (primary N) is 1. The molecule has 0 unspecified atom stereocenters. The second kappa shape index (κ2) is 21.9. The van der Waals surface area contributed by atoms with E-state index in [4.69, 9.17) is 34.2 Å². The summed E-state index contributed by atoms with van der Waals surface area (Å²) in [5.74, 6) is 0.635. The number of unbranched alkanes of at least 4 members (excludes halogenated alkanes) is 5. The third-order valence-electron chi connectivity index (χ3n) is 4.72. The van der Waals surface area contributed by atoms with Gasteiger partial charge in [-0.25, -0.2) is 0 Å². The van der Waals surface area contributed by atoms with Crippen molar-refractivity contribution in [2.24, 2.45) is 0 Å². The van der Waals surface area contributed by atoms with E-state index in [0.717, 1.165) is 18.6 Å². The van der Waals surface area contributed by atoms with Gasteiger partial charge in [-0.05, 0) is 30.7 Å². The summed E-state index contributed by atoms with van der Waals surface area (Å²) in [5.41, 5.74) is 6.33. The smallest absolute Gasteiger partial charge is 0.305 e. The predicted octanol–water partition coefficient (Wildman–Crippen LogP) is 4.01. The van der Waals surface area contributed by atoms with Gasteiger partial charge >= 0.3 is 5.97 Å². The zero-order chi connectivity index (χ0) is 23.8. The van der Waals surface area contributed by atoms with Gasteiger partial charge in [-0.1, -0.05) is 39.0 Å². The maximum Gasteiger partial charge on any atom is 0.305 e. The molecule has 33 heavy (non-hydrogen) atoms. The Morgan fingerprint density at radius 1 is 0.667 bits per heavy atom. The van der Waals surface area contributed by atoms with Gasteiger partial charge in [-0.2, -0.15) is 0 Å². The van der Waals surface area contributed by atoms with Crippen molar-refractivity contribution in [1.29, 1.82) is 0 Å². The number of esters is 1. The molecule has 0 aromatic heterocycles. The lowest BCUT2D eigenvalue weighted by Gasteiger charge is -2.09. The highest BCUT2D eigenvalue weighted by Gasteiger charge is 2.02. The van der Waals surface area contributed by atoms with Gasteiger partial charge in [-0.3, -0.25) is 4.79 Å². The molecule has 1 aromatic carbocycles. The molecule has 1 rings (SSSR count). The lowest BCUT2D eigenvalue weighted by Crippen LogP contribution is -2.15. The third kappa shape index (κ3) is 19.3. The summed E-state index contributed by atoms with van der Waals surface area (Å²) in [6, 6.07) is 7.26. The van der Waals surface area contributed by atoms with Crippen LogP contribution < -0.4 is 10.5 Å². The van der Waals surface area contributed by atoms with Crippen LogP contribution in [0.5, 0.6) is 5.75 Å². The summed E-state index contributed by atoms with van der Waals surface area (Å²) in [6.45, 7) is 6.81. The van der Waals surface area contributed by atoms with Crippen molar-refractivity contribution < 1.29 is 33.2 Å². The van der Waals surface area contributed by atoms with E-state index in [1.165, 1.54) is 25.7 Å². The van der Waals surface area contributed by atoms with Crippen molar-refractivity contribution in [3.05, 3.63) is 24.3 Å². The van der Waals surface area contributed by atoms with Crippen molar-refractivity contribution in [3.63, 3.8) is 0 Å². The Kier molecular flexibility index (Phi) is 19.4. The average Bonchev–Trinajstić information content (AvgIpc) is 2.82. The van der Waals surface area contributed by atoms with Crippen LogP contribution in [0.3, 0.4) is 0 Å². The van der Waals surface area contributed by atoms with E-state index in [0.29, 0.717) is 78.2 Å². The Labute approximate surface area is 199 Å². The lowest BCUT2D eigenvalue weighted by molar-refractivity contribution is -0.145. The van der Waals surface area contributed by atoms with Crippen LogP contribution in [0.1, 0.15) is 51.9 Å². The predicted molar refractivity (Wildman–Crippen MR) is 129 cm³/mol. The van der Waals surface area contributed by atoms with Gasteiger partial charge in [0.25, 0.3) is 0 Å². The molecule has 0 fully saturated rings. The minimum atomic E-state index is -0.138. The number of anilines is 1. The second-order valence-electron chi connectivity index (χ2n) is 7.61. The zero-order valence-corrected chi connectivity index (χ0v) is 20.3. The van der Waals surface area contributed by atoms with Crippen LogP contribution in [0.2, 0.25) is 0 Å². The Morgan fingerprint density at radius 3 is 1.73 bits per heavy atom. The van der Waals surface area contributed by atoms with Crippen molar-refractivity contribution >= 4 is 11.7 Å². The van der Waals surface area contributed by atoms with E-state index < -0.39 is 0 Å². The topological polar surface area (TPSA) is 98.5 Å². The van der Waals surface area contributed by atoms with Crippen LogP contribution in [-0.2, 0) is 28.5 Å². The van der Waals surface area contributed by atoms with Crippen LogP contribution >= 0.6 is 0 Å². The Hall–Kier alpha value is -1.87. The van der Waals surface area contributed by atoms with E-state index in [1.54, 1.807) is 12.1 Å². The standard InChI is InChI=1S/C25H43NO7/c1-2-3-4-5-6-7-8-25(27)33-22-20-31-18-16-29-14-13-28-15-17-30-19-21-32-24-11-9-23(26)10-12-24/h9-12H,2-8,13-22,26H2,1H3. The quantitative estimate of drug-likeness (QED) is 0.146. The molecular weight excluding hydrogens is 426 g/mol. The van der Waals surface area contributed by atoms with E-state index >= 15 is 0 Å². The molecule has 0 amide bonds. The molecule has 0 aliphatic heterocycles. The average molecular weight is 470 g/mol. The van der Waals surface area contributed by atoms with Gasteiger partial charge in [0.05, 0.1) is 52.9 Å². The molecule has 0 saturated carbocycles. The van der Waals surface area contributed by atoms with Gasteiger partial charge in [0.1, 0.15) is 19.0 Å². The Balaban J connectivity index is 1.72. The van der Waals surface area contributed by atoms with Crippen LogP contribution in [0.15, 0.2) is 24.3 Å². The molecular formula is C25H43NO7. The molecule has 0 radical (unpaired) electrons. The van der Waals surface area contributed by atoms with Gasteiger partial charge < -0.3 is 34.2 Å². The fourth-order valence-corrected chi connectivity index (χ4v) is 2.88. The van der Waals surface area contributed by atoms with Crippen LogP contribution in [0, 0.1) is 0 Å². The number of benzene rings is 1. The number of ether oxygens (including phenoxy) is 6. The monoisotopic (exact) mass is 469 g/mol. The molecule has 0 atom stereocenters. The number of carbonyl (C=O) groups excluding carboxylic acids is 1. The minimum Gasteiger partial charge on any atom is -0.491 e. The van der Waals surface area contributed by atoms with E-state index in [1.807, 2.05) is 12.1 Å². The molecule has 0 bridgehead atoms. The number of hydrogen-bond acceptors (Lipinski definition) is 8. The van der Waals surface area contributed by atoms with Crippen molar-refractivity contribution in [2.75, 3.05) is 71.8 Å². The van der Waals surface area contributed by atoms with Gasteiger partial charge in [0.15, 0.2) is 0 Å². The molecule has 0 aliphatic carbocycles. The molecule has 0 aliphatic rings. The maximum absolute atomic E-state index is 11.6. The van der Waals surface area contributed by atoms with E-state index in [-0.39, 0.29) is 5.97 Å². The Morgan fingerprint density at radius 2 is 1.15 bits per heavy atom. The summed E-state index contributed by atoms with van der Waals surface area (Å²) in [7, 11) is 0. The number of hydrogen-bond donors (Lipinski definition) is 1. The molecule has 0 heterocycles. The highest BCUT2D eigenvalue weighted by molar-refractivity contribution is 5.69. The molecule has 190 valence electrons. The van der Waals surface area contributed by atoms with Crippen molar-refractivity contribution in [1.82, 2.24) is 0 Å². The van der Waals surface area contributed by atoms with E-state index in [2.05, 4.69) is 6.92 Å². The Bertz CT molecular complexity index is 568. The van der Waals surface area contributed by atoms with Gasteiger partial charge in [-0.15, -0.1) is 0 Å². The van der Waals surface area contributed by atoms with E-state index in [9.17, 15) is 4.79 Å². The summed E-state index contributed by atoms with van der Waals surface area (Å²) >= 11 is 0. The van der Waals surface area contributed by atoms with Crippen LogP contribution in [0.4, 0.5) is 5.69 Å². The molecule has 0 spiro atoms. The third-order valence-corrected chi connectivity index (χ3v) is 4.72. The molecule has 8 nitrogen and oxygen atoms in total. The molecule has 1 aromatic rings. The fourth-order valence-electron chi connectivity index (χ4n) is 2.88. The first-order valence-electron chi connectivity index (χ1n) is 12.2. The second-order valence-corrected chi connectivity index (χ2v) is 7.61. The summed E-state index contributed by atoms with van der Waals surface area (Å²) < 4.78 is 32.4. The van der Waals surface area contributed by atoms with Gasteiger partial charge in [0.2, 0.25) is 0 Å². The van der Waals surface area contributed by atoms with Crippen LogP contribution in [-0.4, -0.2) is 72.0 Å². The summed E-state index contributed by atoms with van der Waals surface area (Å²) in [5, 5.41) is 0. The maximum atomic E-state index is 11.6. The zero-order valence-electron chi connectivity index (χ0n) is 20.3. The molecule has 8 heteroatoms. The van der Waals surface area contributed by atoms with Crippen LogP contribution in [0.25, 0.3) is 0 Å². The first-order chi connectivity index (χ1) is 16.2. The fraction of sp³-hybridized carbons (Fsp3) is 0.720. The molecule has 2 N–H and O–H groups in total. The number of rotatable bonds is 23. The van der Waals surface area contributed by atoms with Crippen molar-refractivity contribution in [2.45, 2.75) is 51.9 Å². The summed E-state index contributed by atoms with van der Waals surface area (Å²) in [6.07, 6.45) is 7.47. The highest BCUT2D eigenvalue weighted by Crippen LogP contribution is 2.12. The molecule has 0 saturated heterocycles. The first-order valence-corrected chi connectivity index (χ1v) is 12.2. The normalized spacial score (nSPS) is 10.9. The SMILES string of the molecule is CCCCCCCCC(=O)OCCOCCOCCOCCOCCOc1ccc(N)cc1. The van der Waals surface area contributed by atoms with Crippen molar-refractivity contribution in [3.8, 4) is 5.75 Å². The summed E-state index contributed by atoms with van der Waals surface area (Å²) in [4.78, 5) is 11.6.